The summed E-state index contributed by atoms with van der Waals surface area (Å²) in [6.45, 7) is 0.774. The number of hydrogen-bond acceptors (Lipinski definition) is 3. The van der Waals surface area contributed by atoms with Crippen molar-refractivity contribution in [2.24, 2.45) is 16.6 Å². The molecule has 0 bridgehead atoms. The van der Waals surface area contributed by atoms with Crippen molar-refractivity contribution >= 4 is 35.6 Å². The number of nitrogens with zero attached hydrogens (tertiary/aromatic N) is 1. The highest BCUT2D eigenvalue weighted by molar-refractivity contribution is 14.0. The van der Waals surface area contributed by atoms with Gasteiger partial charge in [-0.15, -0.1) is 24.0 Å². The molecule has 1 saturated carbocycles. The molecule has 3 N–H and O–H groups in total. The van der Waals surface area contributed by atoms with Gasteiger partial charge in [-0.1, -0.05) is 32.1 Å². The van der Waals surface area contributed by atoms with Crippen molar-refractivity contribution in [2.45, 2.75) is 38.5 Å². The standard InChI is InChI=1S/C17H27N3O2.HI/c1-21-14-8-9-16(22-2)15(12-14)20-17(18)19-11-10-13-6-4-3-5-7-13;/h8-9,12-13H,3-7,10-11H2,1-2H3,(H3,18,19,20);1H. The molecule has 5 nitrogen and oxygen atoms in total. The lowest BCUT2D eigenvalue weighted by molar-refractivity contribution is 0.343. The summed E-state index contributed by atoms with van der Waals surface area (Å²) in [6, 6.07) is 5.54. The summed E-state index contributed by atoms with van der Waals surface area (Å²) in [6.07, 6.45) is 7.92. The van der Waals surface area contributed by atoms with Gasteiger partial charge in [-0.3, -0.25) is 4.99 Å². The first-order valence-corrected chi connectivity index (χ1v) is 8.02. The van der Waals surface area contributed by atoms with Crippen LogP contribution in [0.4, 0.5) is 5.69 Å². The average Bonchev–Trinajstić information content (AvgIpc) is 2.55. The lowest BCUT2D eigenvalue weighted by Gasteiger charge is -2.20. The maximum Gasteiger partial charge on any atom is 0.193 e. The van der Waals surface area contributed by atoms with Gasteiger partial charge in [0.25, 0.3) is 0 Å². The minimum atomic E-state index is 0. The number of nitrogens with two attached hydrogens (primary N) is 1. The van der Waals surface area contributed by atoms with E-state index in [1.165, 1.54) is 32.1 Å². The summed E-state index contributed by atoms with van der Waals surface area (Å²) >= 11 is 0. The highest BCUT2D eigenvalue weighted by Crippen LogP contribution is 2.29. The molecule has 0 amide bonds. The van der Waals surface area contributed by atoms with Crippen LogP contribution in [-0.4, -0.2) is 26.7 Å². The van der Waals surface area contributed by atoms with E-state index in [1.54, 1.807) is 14.2 Å². The van der Waals surface area contributed by atoms with Gasteiger partial charge >= 0.3 is 0 Å². The lowest BCUT2D eigenvalue weighted by atomic mass is 9.87. The molecule has 0 spiro atoms. The number of benzene rings is 1. The third kappa shape index (κ3) is 6.45. The van der Waals surface area contributed by atoms with Gasteiger partial charge in [-0.05, 0) is 24.5 Å². The zero-order valence-corrected chi connectivity index (χ0v) is 16.3. The van der Waals surface area contributed by atoms with Gasteiger partial charge in [0.2, 0.25) is 0 Å². The van der Waals surface area contributed by atoms with Gasteiger partial charge in [0.05, 0.1) is 19.9 Å². The number of methoxy groups -OCH3 is 2. The van der Waals surface area contributed by atoms with Crippen molar-refractivity contribution in [3.8, 4) is 11.5 Å². The van der Waals surface area contributed by atoms with E-state index in [0.717, 1.165) is 30.3 Å². The predicted molar refractivity (Wildman–Crippen MR) is 106 cm³/mol. The normalized spacial score (nSPS) is 15.7. The first kappa shape index (κ1) is 19.9. The Bertz CT molecular complexity index is 503. The van der Waals surface area contributed by atoms with E-state index in [0.29, 0.717) is 11.7 Å². The fraction of sp³-hybridized carbons (Fsp3) is 0.588. The van der Waals surface area contributed by atoms with Crippen LogP contribution in [-0.2, 0) is 0 Å². The van der Waals surface area contributed by atoms with Crippen LogP contribution in [0.1, 0.15) is 38.5 Å². The van der Waals surface area contributed by atoms with E-state index >= 15 is 0 Å². The van der Waals surface area contributed by atoms with Gasteiger partial charge in [-0.2, -0.15) is 0 Å². The summed E-state index contributed by atoms with van der Waals surface area (Å²) in [5.74, 6) is 2.70. The zero-order valence-electron chi connectivity index (χ0n) is 14.0. The van der Waals surface area contributed by atoms with E-state index in [1.807, 2.05) is 18.2 Å². The Morgan fingerprint density at radius 3 is 2.61 bits per heavy atom. The monoisotopic (exact) mass is 433 g/mol. The molecule has 1 aromatic carbocycles. The van der Waals surface area contributed by atoms with Crippen LogP contribution in [0, 0.1) is 5.92 Å². The van der Waals surface area contributed by atoms with Crippen molar-refractivity contribution in [3.63, 3.8) is 0 Å². The molecule has 6 heteroatoms. The van der Waals surface area contributed by atoms with Gasteiger partial charge in [0.1, 0.15) is 11.5 Å². The quantitative estimate of drug-likeness (QED) is 0.404. The van der Waals surface area contributed by atoms with E-state index in [-0.39, 0.29) is 24.0 Å². The summed E-state index contributed by atoms with van der Waals surface area (Å²) in [7, 11) is 3.26. The highest BCUT2D eigenvalue weighted by Gasteiger charge is 2.12. The third-order valence-electron chi connectivity index (χ3n) is 4.21. The van der Waals surface area contributed by atoms with Gasteiger partial charge < -0.3 is 20.5 Å². The fourth-order valence-corrected chi connectivity index (χ4v) is 2.93. The first-order chi connectivity index (χ1) is 10.7. The van der Waals surface area contributed by atoms with E-state index in [9.17, 15) is 0 Å². The van der Waals surface area contributed by atoms with Crippen molar-refractivity contribution in [3.05, 3.63) is 18.2 Å². The van der Waals surface area contributed by atoms with Crippen LogP contribution in [0.25, 0.3) is 0 Å². The molecule has 2 rings (SSSR count). The third-order valence-corrected chi connectivity index (χ3v) is 4.21. The molecule has 0 aromatic heterocycles. The molecule has 23 heavy (non-hydrogen) atoms. The Labute approximate surface area is 156 Å². The minimum absolute atomic E-state index is 0. The predicted octanol–water partition coefficient (Wildman–Crippen LogP) is 4.02. The number of hydrogen-bond donors (Lipinski definition) is 2. The number of rotatable bonds is 6. The highest BCUT2D eigenvalue weighted by atomic mass is 127. The van der Waals surface area contributed by atoms with Crippen molar-refractivity contribution < 1.29 is 9.47 Å². The van der Waals surface area contributed by atoms with Crippen molar-refractivity contribution in [1.29, 1.82) is 0 Å². The molecule has 130 valence electrons. The Hall–Kier alpha value is -1.18. The molecule has 0 atom stereocenters. The Balaban J connectivity index is 0.00000264. The summed E-state index contributed by atoms with van der Waals surface area (Å²) < 4.78 is 10.5. The number of guanidine groups is 1. The minimum Gasteiger partial charge on any atom is -0.497 e. The number of anilines is 1. The molecular formula is C17H28IN3O2. The SMILES string of the molecule is COc1ccc(OC)c(NC(N)=NCCC2CCCCC2)c1.I. The summed E-state index contributed by atoms with van der Waals surface area (Å²) in [4.78, 5) is 4.43. The van der Waals surface area contributed by atoms with Gasteiger partial charge in [0.15, 0.2) is 5.96 Å². The van der Waals surface area contributed by atoms with Gasteiger partial charge in [-0.25, -0.2) is 0 Å². The molecule has 1 aliphatic rings. The smallest absolute Gasteiger partial charge is 0.193 e. The van der Waals surface area contributed by atoms with Crippen LogP contribution in [0.5, 0.6) is 11.5 Å². The van der Waals surface area contributed by atoms with Crippen LogP contribution >= 0.6 is 24.0 Å². The van der Waals surface area contributed by atoms with E-state index in [4.69, 9.17) is 15.2 Å². The molecule has 0 heterocycles. The van der Waals surface area contributed by atoms with Crippen LogP contribution in [0.2, 0.25) is 0 Å². The Morgan fingerprint density at radius 1 is 1.22 bits per heavy atom. The number of nitrogens with one attached hydrogen (secondary N) is 1. The topological polar surface area (TPSA) is 68.9 Å². The molecule has 0 saturated heterocycles. The second kappa shape index (κ2) is 10.6. The molecule has 0 radical (unpaired) electrons. The van der Waals surface area contributed by atoms with Crippen LogP contribution in [0.15, 0.2) is 23.2 Å². The summed E-state index contributed by atoms with van der Waals surface area (Å²) in [5, 5.41) is 3.10. The molecule has 1 aliphatic carbocycles. The van der Waals surface area contributed by atoms with E-state index < -0.39 is 0 Å². The molecule has 0 unspecified atom stereocenters. The molecule has 1 aromatic rings. The number of halogens is 1. The van der Waals surface area contributed by atoms with Crippen LogP contribution < -0.4 is 20.5 Å². The fourth-order valence-electron chi connectivity index (χ4n) is 2.93. The lowest BCUT2D eigenvalue weighted by Crippen LogP contribution is -2.23. The van der Waals surface area contributed by atoms with Crippen molar-refractivity contribution in [1.82, 2.24) is 0 Å². The second-order valence-electron chi connectivity index (χ2n) is 5.75. The average molecular weight is 433 g/mol. The molecular weight excluding hydrogens is 405 g/mol. The van der Waals surface area contributed by atoms with Crippen LogP contribution in [0.3, 0.4) is 0 Å². The Kier molecular flexibility index (Phi) is 9.13. The maximum absolute atomic E-state index is 5.98. The second-order valence-corrected chi connectivity index (χ2v) is 5.75. The zero-order chi connectivity index (χ0) is 15.8. The summed E-state index contributed by atoms with van der Waals surface area (Å²) in [5.41, 5.74) is 6.74. The van der Waals surface area contributed by atoms with Crippen molar-refractivity contribution in [2.75, 3.05) is 26.1 Å². The Morgan fingerprint density at radius 2 is 1.96 bits per heavy atom. The largest absolute Gasteiger partial charge is 0.497 e. The number of aliphatic imine (C=N–C) groups is 1. The number of ether oxygens (including phenoxy) is 2. The van der Waals surface area contributed by atoms with E-state index in [2.05, 4.69) is 10.3 Å². The van der Waals surface area contributed by atoms with Gasteiger partial charge in [0, 0.05) is 12.6 Å². The molecule has 0 aliphatic heterocycles. The maximum atomic E-state index is 5.98. The molecule has 1 fully saturated rings. The first-order valence-electron chi connectivity index (χ1n) is 8.02.